The molecule has 2 saturated heterocycles. The maximum atomic E-state index is 10.6. The molecule has 9 heteroatoms. The maximum absolute atomic E-state index is 10.6. The van der Waals surface area contributed by atoms with Gasteiger partial charge in [0.15, 0.2) is 0 Å². The Bertz CT molecular complexity index is 386. The third kappa shape index (κ3) is 5.24. The van der Waals surface area contributed by atoms with Crippen molar-refractivity contribution in [1.82, 2.24) is 10.0 Å². The average molecular weight is 308 g/mol. The molecule has 6 nitrogen and oxygen atoms in total. The lowest BCUT2D eigenvalue weighted by Crippen LogP contribution is -2.52. The fourth-order valence-electron chi connectivity index (χ4n) is 2.17. The van der Waals surface area contributed by atoms with Crippen molar-refractivity contribution >= 4 is 17.6 Å². The summed E-state index contributed by atoms with van der Waals surface area (Å²) in [5.74, 6) is -1.36. The van der Waals surface area contributed by atoms with Crippen LogP contribution in [0.15, 0.2) is 0 Å². The molecule has 2 rings (SSSR count). The van der Waals surface area contributed by atoms with Gasteiger partial charge < -0.3 is 5.11 Å². The predicted molar refractivity (Wildman–Crippen MR) is 70.3 cm³/mol. The van der Waals surface area contributed by atoms with Crippen LogP contribution in [0.5, 0.6) is 0 Å². The molecule has 0 radical (unpaired) electrons. The van der Waals surface area contributed by atoms with E-state index in [0.717, 1.165) is 51.6 Å². The van der Waals surface area contributed by atoms with Crippen LogP contribution in [0, 0.1) is 10.8 Å². The minimum Gasteiger partial charge on any atom is -0.475 e. The number of aliphatic carboxylic acids is 1. The summed E-state index contributed by atoms with van der Waals surface area (Å²) in [6, 6.07) is 0. The Balaban J connectivity index is 0.000000270. The number of halogens is 3. The first-order valence-electron chi connectivity index (χ1n) is 6.73. The second-order valence-electron chi connectivity index (χ2n) is 4.86. The van der Waals surface area contributed by atoms with Gasteiger partial charge in [-0.1, -0.05) is 0 Å². The number of hydrogen-bond donors (Lipinski definition) is 3. The number of hydrogen-bond acceptors (Lipinski definition) is 3. The lowest BCUT2D eigenvalue weighted by Gasteiger charge is -2.42. The van der Waals surface area contributed by atoms with E-state index in [-0.39, 0.29) is 0 Å². The lowest BCUT2D eigenvalue weighted by atomic mass is 10.1. The van der Waals surface area contributed by atoms with Crippen LogP contribution in [0.25, 0.3) is 0 Å². The highest BCUT2D eigenvalue weighted by Gasteiger charge is 2.38. The van der Waals surface area contributed by atoms with Gasteiger partial charge in [0.2, 0.25) is 0 Å². The van der Waals surface area contributed by atoms with Crippen molar-refractivity contribution in [2.75, 3.05) is 13.1 Å². The van der Waals surface area contributed by atoms with Crippen LogP contribution in [0.4, 0.5) is 13.2 Å². The molecule has 0 saturated carbocycles. The zero-order valence-corrected chi connectivity index (χ0v) is 11.5. The molecular formula is C12H19F3N4O2. The van der Waals surface area contributed by atoms with E-state index in [1.165, 1.54) is 0 Å². The van der Waals surface area contributed by atoms with E-state index in [1.807, 2.05) is 10.0 Å². The number of carboxylic acids is 1. The topological polar surface area (TPSA) is 91.5 Å². The molecule has 120 valence electrons. The molecule has 21 heavy (non-hydrogen) atoms. The molecule has 0 aliphatic carbocycles. The highest BCUT2D eigenvalue weighted by molar-refractivity contribution is 5.85. The Labute approximate surface area is 120 Å². The van der Waals surface area contributed by atoms with Gasteiger partial charge in [0, 0.05) is 25.9 Å². The summed E-state index contributed by atoms with van der Waals surface area (Å²) < 4.78 is 31.7. The van der Waals surface area contributed by atoms with Crippen LogP contribution in [-0.4, -0.2) is 52.0 Å². The molecule has 0 amide bonds. The zero-order valence-electron chi connectivity index (χ0n) is 11.5. The van der Waals surface area contributed by atoms with Crippen molar-refractivity contribution < 1.29 is 23.1 Å². The van der Waals surface area contributed by atoms with Crippen molar-refractivity contribution in [3.63, 3.8) is 0 Å². The van der Waals surface area contributed by atoms with E-state index in [0.29, 0.717) is 11.7 Å². The first-order chi connectivity index (χ1) is 9.73. The smallest absolute Gasteiger partial charge is 0.475 e. The second kappa shape index (κ2) is 7.28. The highest BCUT2D eigenvalue weighted by Crippen LogP contribution is 2.19. The fraction of sp³-hybridized carbons (Fsp3) is 0.750. The van der Waals surface area contributed by atoms with Crippen LogP contribution in [0.3, 0.4) is 0 Å². The zero-order chi connectivity index (χ0) is 16.0. The molecule has 2 heterocycles. The van der Waals surface area contributed by atoms with E-state index in [9.17, 15) is 13.2 Å². The predicted octanol–water partition coefficient (Wildman–Crippen LogP) is 2.46. The summed E-state index contributed by atoms with van der Waals surface area (Å²) in [6.07, 6.45) is 1.26. The molecule has 3 N–H and O–H groups in total. The van der Waals surface area contributed by atoms with Crippen molar-refractivity contribution in [3.05, 3.63) is 0 Å². The first-order valence-corrected chi connectivity index (χ1v) is 6.73. The summed E-state index contributed by atoms with van der Waals surface area (Å²) in [7, 11) is 0. The quantitative estimate of drug-likeness (QED) is 0.694. The van der Waals surface area contributed by atoms with Crippen LogP contribution in [0.2, 0.25) is 0 Å². The minimum absolute atomic E-state index is 0.697. The van der Waals surface area contributed by atoms with E-state index in [1.54, 1.807) is 0 Å². The van der Waals surface area contributed by atoms with E-state index in [2.05, 4.69) is 0 Å². The number of hydrazine groups is 1. The van der Waals surface area contributed by atoms with Crippen LogP contribution in [0.1, 0.15) is 38.5 Å². The maximum Gasteiger partial charge on any atom is 0.490 e. The number of nitrogens with zero attached hydrogens (tertiary/aromatic N) is 2. The Kier molecular flexibility index (Phi) is 5.98. The van der Waals surface area contributed by atoms with Crippen molar-refractivity contribution in [1.29, 1.82) is 10.8 Å². The molecule has 0 aromatic rings. The second-order valence-corrected chi connectivity index (χ2v) is 4.86. The number of amidine groups is 2. The van der Waals surface area contributed by atoms with E-state index < -0.39 is 12.1 Å². The standard InChI is InChI=1S/C10H18N4.C2HF3O2/c11-9-5-1-3-7-13(9)14-8-4-2-6-10(14)12;3-2(4,5)1(6)7/h11-12H,1-8H2;(H,6,7). The number of alkyl halides is 3. The average Bonchev–Trinajstić information content (AvgIpc) is 2.40. The molecule has 2 fully saturated rings. The van der Waals surface area contributed by atoms with Gasteiger partial charge in [-0.3, -0.25) is 20.8 Å². The Hall–Kier alpha value is -1.80. The molecule has 0 bridgehead atoms. The van der Waals surface area contributed by atoms with Gasteiger partial charge in [0.05, 0.1) is 0 Å². The monoisotopic (exact) mass is 308 g/mol. The minimum atomic E-state index is -5.08. The Morgan fingerprint density at radius 2 is 1.29 bits per heavy atom. The number of rotatable bonds is 1. The third-order valence-electron chi connectivity index (χ3n) is 3.22. The fourth-order valence-corrected chi connectivity index (χ4v) is 2.17. The van der Waals surface area contributed by atoms with Gasteiger partial charge in [0.25, 0.3) is 0 Å². The number of nitrogens with one attached hydrogen (secondary N) is 2. The summed E-state index contributed by atoms with van der Waals surface area (Å²) in [4.78, 5) is 8.90. The summed E-state index contributed by atoms with van der Waals surface area (Å²) >= 11 is 0. The first kappa shape index (κ1) is 17.3. The summed E-state index contributed by atoms with van der Waals surface area (Å²) in [5, 5.41) is 26.9. The van der Waals surface area contributed by atoms with Gasteiger partial charge in [-0.15, -0.1) is 0 Å². The molecule has 2 aliphatic rings. The lowest BCUT2D eigenvalue weighted by molar-refractivity contribution is -0.192. The van der Waals surface area contributed by atoms with Crippen molar-refractivity contribution in [2.45, 2.75) is 44.7 Å². The number of carbonyl (C=O) groups is 1. The number of piperidine rings is 2. The van der Waals surface area contributed by atoms with Crippen molar-refractivity contribution in [3.8, 4) is 0 Å². The van der Waals surface area contributed by atoms with Crippen LogP contribution < -0.4 is 0 Å². The molecule has 0 aromatic heterocycles. The van der Waals surface area contributed by atoms with Crippen molar-refractivity contribution in [2.24, 2.45) is 0 Å². The molecule has 0 spiro atoms. The van der Waals surface area contributed by atoms with Gasteiger partial charge in [-0.25, -0.2) is 4.79 Å². The Morgan fingerprint density at radius 3 is 1.52 bits per heavy atom. The highest BCUT2D eigenvalue weighted by atomic mass is 19.4. The van der Waals surface area contributed by atoms with Gasteiger partial charge >= 0.3 is 12.1 Å². The molecular weight excluding hydrogens is 289 g/mol. The Morgan fingerprint density at radius 1 is 0.952 bits per heavy atom. The SMILES string of the molecule is N=C1CCCCN1N1CCCCC1=N.O=C(O)C(F)(F)F. The molecule has 0 aromatic carbocycles. The van der Waals surface area contributed by atoms with Gasteiger partial charge in [0.1, 0.15) is 11.7 Å². The van der Waals surface area contributed by atoms with Crippen LogP contribution >= 0.6 is 0 Å². The molecule has 0 atom stereocenters. The van der Waals surface area contributed by atoms with E-state index in [4.69, 9.17) is 20.7 Å². The summed E-state index contributed by atoms with van der Waals surface area (Å²) in [5.41, 5.74) is 0. The van der Waals surface area contributed by atoms with E-state index >= 15 is 0 Å². The number of carboxylic acid groups (broad SMARTS) is 1. The molecule has 0 unspecified atom stereocenters. The van der Waals surface area contributed by atoms with Gasteiger partial charge in [-0.05, 0) is 25.7 Å². The largest absolute Gasteiger partial charge is 0.490 e. The van der Waals surface area contributed by atoms with Gasteiger partial charge in [-0.2, -0.15) is 13.2 Å². The normalized spacial score (nSPS) is 20.0. The molecule has 2 aliphatic heterocycles. The summed E-state index contributed by atoms with van der Waals surface area (Å²) in [6.45, 7) is 1.86. The third-order valence-corrected chi connectivity index (χ3v) is 3.22. The van der Waals surface area contributed by atoms with Crippen LogP contribution in [-0.2, 0) is 4.79 Å².